The molecule has 4 nitrogen and oxygen atoms in total. The van der Waals surface area contributed by atoms with Crippen LogP contribution < -0.4 is 15.9 Å². The summed E-state index contributed by atoms with van der Waals surface area (Å²) in [6, 6.07) is 4.31. The predicted octanol–water partition coefficient (Wildman–Crippen LogP) is -0.645. The van der Waals surface area contributed by atoms with Gasteiger partial charge in [0.25, 0.3) is 0 Å². The van der Waals surface area contributed by atoms with E-state index in [1.807, 2.05) is 0 Å². The molecule has 4 heteroatoms. The van der Waals surface area contributed by atoms with E-state index in [2.05, 4.69) is 10.3 Å². The standard InChI is InChI=1S/C8H4N2O2/c11-4-5-1-2-6-7(3-5)10-8(12)9-6/h1-3H,(H,10,12). The molecular formula is C8H4N2O2. The second-order valence-corrected chi connectivity index (χ2v) is 2.38. The quantitative estimate of drug-likeness (QED) is 0.548. The van der Waals surface area contributed by atoms with Crippen molar-refractivity contribution in [3.05, 3.63) is 28.8 Å². The molecule has 2 amide bonds. The van der Waals surface area contributed by atoms with Crippen LogP contribution in [0.2, 0.25) is 0 Å². The van der Waals surface area contributed by atoms with Crippen molar-refractivity contribution in [1.29, 1.82) is 0 Å². The molecule has 0 fully saturated rings. The first kappa shape index (κ1) is 6.76. The van der Waals surface area contributed by atoms with Gasteiger partial charge in [0.2, 0.25) is 0 Å². The average Bonchev–Trinajstić information content (AvgIpc) is 2.43. The summed E-state index contributed by atoms with van der Waals surface area (Å²) in [7, 11) is 0. The van der Waals surface area contributed by atoms with Crippen LogP contribution in [0.3, 0.4) is 0 Å². The maximum absolute atomic E-state index is 10.7. The zero-order valence-corrected chi connectivity index (χ0v) is 6.00. The van der Waals surface area contributed by atoms with Crippen molar-refractivity contribution in [2.45, 2.75) is 0 Å². The summed E-state index contributed by atoms with van der Waals surface area (Å²) in [5.74, 6) is 1.73. The van der Waals surface area contributed by atoms with Gasteiger partial charge >= 0.3 is 6.03 Å². The van der Waals surface area contributed by atoms with Crippen LogP contribution in [-0.4, -0.2) is 12.0 Å². The Hall–Kier alpha value is -1.93. The van der Waals surface area contributed by atoms with Crippen LogP contribution in [0.4, 0.5) is 10.5 Å². The van der Waals surface area contributed by atoms with Gasteiger partial charge in [-0.2, -0.15) is 4.99 Å². The molecule has 1 aliphatic heterocycles. The van der Waals surface area contributed by atoms with Gasteiger partial charge in [0.1, 0.15) is 5.94 Å². The highest BCUT2D eigenvalue weighted by atomic mass is 16.2. The zero-order valence-electron chi connectivity index (χ0n) is 6.00. The van der Waals surface area contributed by atoms with Crippen LogP contribution in [0, 0.1) is 0 Å². The largest absolute Gasteiger partial charge is 0.346 e. The summed E-state index contributed by atoms with van der Waals surface area (Å²) < 4.78 is 0. The minimum atomic E-state index is -0.395. The number of fused-ring (bicyclic) bond motifs is 1. The van der Waals surface area contributed by atoms with Gasteiger partial charge in [0, 0.05) is 0 Å². The van der Waals surface area contributed by atoms with E-state index in [1.165, 1.54) is 6.07 Å². The second kappa shape index (κ2) is 2.29. The molecule has 1 aliphatic rings. The van der Waals surface area contributed by atoms with Gasteiger partial charge < -0.3 is 5.32 Å². The zero-order chi connectivity index (χ0) is 8.55. The summed E-state index contributed by atoms with van der Waals surface area (Å²) in [5.41, 5.74) is 0.570. The number of carbonyl (C=O) groups excluding carboxylic acids is 2. The lowest BCUT2D eigenvalue weighted by atomic mass is 10.3. The fourth-order valence-electron chi connectivity index (χ4n) is 1.05. The molecule has 2 rings (SSSR count). The lowest BCUT2D eigenvalue weighted by Gasteiger charge is -1.90. The molecule has 0 unspecified atom stereocenters. The summed E-state index contributed by atoms with van der Waals surface area (Å²) in [5, 5.41) is 3.46. The monoisotopic (exact) mass is 160 g/mol. The number of anilines is 1. The highest BCUT2D eigenvalue weighted by Gasteiger charge is 2.09. The third-order valence-electron chi connectivity index (χ3n) is 1.58. The molecule has 0 atom stereocenters. The van der Waals surface area contributed by atoms with E-state index in [-0.39, 0.29) is 0 Å². The number of amides is 2. The molecule has 1 N–H and O–H groups in total. The minimum absolute atomic E-state index is 0.395. The van der Waals surface area contributed by atoms with Crippen LogP contribution in [0.5, 0.6) is 0 Å². The Morgan fingerprint density at radius 1 is 1.42 bits per heavy atom. The highest BCUT2D eigenvalue weighted by molar-refractivity contribution is 5.93. The van der Waals surface area contributed by atoms with E-state index in [0.717, 1.165) is 0 Å². The van der Waals surface area contributed by atoms with Crippen molar-refractivity contribution >= 4 is 17.7 Å². The van der Waals surface area contributed by atoms with Crippen molar-refractivity contribution in [3.63, 3.8) is 0 Å². The van der Waals surface area contributed by atoms with E-state index in [9.17, 15) is 9.59 Å². The molecule has 0 radical (unpaired) electrons. The van der Waals surface area contributed by atoms with E-state index in [1.54, 1.807) is 18.1 Å². The Morgan fingerprint density at radius 3 is 3.00 bits per heavy atom. The molecule has 0 saturated heterocycles. The molecule has 0 bridgehead atoms. The number of nitrogens with zero attached hydrogens (tertiary/aromatic N) is 1. The number of nitrogens with one attached hydrogen (secondary N) is 1. The average molecular weight is 160 g/mol. The topological polar surface area (TPSA) is 58.5 Å². The normalized spacial score (nSPS) is 12.8. The predicted molar refractivity (Wildman–Crippen MR) is 41.0 cm³/mol. The Bertz CT molecular complexity index is 486. The molecule has 1 heterocycles. The third kappa shape index (κ3) is 0.909. The van der Waals surface area contributed by atoms with Crippen molar-refractivity contribution in [3.8, 4) is 0 Å². The molecule has 0 spiro atoms. The summed E-state index contributed by atoms with van der Waals surface area (Å²) >= 11 is 0. The fourth-order valence-corrected chi connectivity index (χ4v) is 1.05. The first-order valence-electron chi connectivity index (χ1n) is 3.34. The van der Waals surface area contributed by atoms with Gasteiger partial charge in [-0.1, -0.05) is 0 Å². The number of urea groups is 1. The van der Waals surface area contributed by atoms with Gasteiger partial charge in [-0.3, -0.25) is 0 Å². The summed E-state index contributed by atoms with van der Waals surface area (Å²) in [4.78, 5) is 24.6. The van der Waals surface area contributed by atoms with Gasteiger partial charge in [0.05, 0.1) is 16.3 Å². The lowest BCUT2D eigenvalue weighted by Crippen LogP contribution is -2.10. The van der Waals surface area contributed by atoms with Gasteiger partial charge in [0.15, 0.2) is 0 Å². The lowest BCUT2D eigenvalue weighted by molar-refractivity contribution is 0.260. The minimum Gasteiger partial charge on any atom is -0.304 e. The van der Waals surface area contributed by atoms with Gasteiger partial charge in [-0.15, -0.1) is 0 Å². The first-order chi connectivity index (χ1) is 5.79. The molecular weight excluding hydrogens is 156 g/mol. The number of hydrogen-bond donors (Lipinski definition) is 1. The number of benzene rings is 1. The molecule has 0 aromatic heterocycles. The molecule has 0 saturated carbocycles. The number of rotatable bonds is 0. The molecule has 1 aromatic carbocycles. The van der Waals surface area contributed by atoms with E-state index >= 15 is 0 Å². The van der Waals surface area contributed by atoms with Crippen molar-refractivity contribution < 1.29 is 9.59 Å². The molecule has 0 aliphatic carbocycles. The van der Waals surface area contributed by atoms with Crippen LogP contribution in [-0.2, 0) is 4.79 Å². The maximum Gasteiger partial charge on any atom is 0.346 e. The Kier molecular flexibility index (Phi) is 1.29. The van der Waals surface area contributed by atoms with Crippen molar-refractivity contribution in [2.24, 2.45) is 4.99 Å². The van der Waals surface area contributed by atoms with Gasteiger partial charge in [-0.25, -0.2) is 9.59 Å². The third-order valence-corrected chi connectivity index (χ3v) is 1.58. The van der Waals surface area contributed by atoms with Crippen molar-refractivity contribution in [1.82, 2.24) is 0 Å². The smallest absolute Gasteiger partial charge is 0.304 e. The number of hydrogen-bond acceptors (Lipinski definition) is 2. The molecule has 12 heavy (non-hydrogen) atoms. The first-order valence-corrected chi connectivity index (χ1v) is 3.34. The van der Waals surface area contributed by atoms with Crippen LogP contribution in [0.25, 0.3) is 0 Å². The van der Waals surface area contributed by atoms with Crippen molar-refractivity contribution in [2.75, 3.05) is 5.32 Å². The maximum atomic E-state index is 10.7. The summed E-state index contributed by atoms with van der Waals surface area (Å²) in [6.45, 7) is 0. The number of carbonyl (C=O) groups is 1. The summed E-state index contributed by atoms with van der Waals surface area (Å²) in [6.07, 6.45) is 0. The van der Waals surface area contributed by atoms with E-state index < -0.39 is 6.03 Å². The Labute approximate surface area is 67.2 Å². The van der Waals surface area contributed by atoms with Gasteiger partial charge in [-0.05, 0) is 18.2 Å². The fraction of sp³-hybridized carbons (Fsp3) is 0. The second-order valence-electron chi connectivity index (χ2n) is 2.38. The Balaban J connectivity index is 2.78. The SMILES string of the molecule is O=C=c1ccc2c(c1)NC(=O)N=2. The highest BCUT2D eigenvalue weighted by Crippen LogP contribution is 2.00. The van der Waals surface area contributed by atoms with E-state index in [4.69, 9.17) is 0 Å². The molecule has 58 valence electrons. The molecule has 1 aromatic rings. The van der Waals surface area contributed by atoms with Crippen LogP contribution in [0.1, 0.15) is 0 Å². The Morgan fingerprint density at radius 2 is 2.25 bits per heavy atom. The van der Waals surface area contributed by atoms with Crippen LogP contribution in [0.15, 0.2) is 23.2 Å². The van der Waals surface area contributed by atoms with E-state index in [0.29, 0.717) is 16.3 Å². The van der Waals surface area contributed by atoms with Crippen LogP contribution >= 0.6 is 0 Å².